The minimum atomic E-state index is -0.932. The first kappa shape index (κ1) is 12.4. The number of halogens is 2. The van der Waals surface area contributed by atoms with Crippen molar-refractivity contribution in [3.05, 3.63) is 41.7 Å². The molecule has 1 heterocycles. The Bertz CT molecular complexity index is 575. The molecule has 1 aromatic heterocycles. The molecule has 2 N–H and O–H groups in total. The number of hydrogen-bond donors (Lipinski definition) is 1. The average molecular weight is 251 g/mol. The molecule has 4 nitrogen and oxygen atoms in total. The van der Waals surface area contributed by atoms with Crippen LogP contribution in [0.4, 0.5) is 14.6 Å². The molecule has 0 radical (unpaired) electrons. The highest BCUT2D eigenvalue weighted by Gasteiger charge is 2.08. The van der Waals surface area contributed by atoms with E-state index in [-0.39, 0.29) is 12.4 Å². The summed E-state index contributed by atoms with van der Waals surface area (Å²) in [6, 6.07) is 5.02. The first-order valence-electron chi connectivity index (χ1n) is 5.18. The van der Waals surface area contributed by atoms with E-state index >= 15 is 0 Å². The van der Waals surface area contributed by atoms with Gasteiger partial charge in [0.1, 0.15) is 12.4 Å². The van der Waals surface area contributed by atoms with Crippen LogP contribution in [0, 0.1) is 11.6 Å². The number of nitrogens with zero attached hydrogens (tertiary/aromatic N) is 2. The number of methoxy groups -OCH3 is 1. The van der Waals surface area contributed by atoms with Gasteiger partial charge in [-0.05, 0) is 18.2 Å². The zero-order valence-electron chi connectivity index (χ0n) is 9.65. The Labute approximate surface area is 102 Å². The number of anilines is 1. The Morgan fingerprint density at radius 3 is 2.61 bits per heavy atom. The van der Waals surface area contributed by atoms with E-state index < -0.39 is 11.6 Å². The Kier molecular flexibility index (Phi) is 3.47. The summed E-state index contributed by atoms with van der Waals surface area (Å²) in [6.07, 6.45) is 0. The lowest BCUT2D eigenvalue weighted by molar-refractivity contribution is 0.178. The molecule has 0 amide bonds. The van der Waals surface area contributed by atoms with Crippen LogP contribution in [0.2, 0.25) is 0 Å². The van der Waals surface area contributed by atoms with Gasteiger partial charge >= 0.3 is 0 Å². The smallest absolute Gasteiger partial charge is 0.159 e. The van der Waals surface area contributed by atoms with Crippen molar-refractivity contribution in [1.82, 2.24) is 9.97 Å². The summed E-state index contributed by atoms with van der Waals surface area (Å²) in [7, 11) is 1.50. The Balaban J connectivity index is 2.46. The van der Waals surface area contributed by atoms with Gasteiger partial charge in [-0.1, -0.05) is 0 Å². The van der Waals surface area contributed by atoms with Crippen molar-refractivity contribution in [2.45, 2.75) is 6.61 Å². The highest BCUT2D eigenvalue weighted by molar-refractivity contribution is 5.61. The second kappa shape index (κ2) is 5.05. The van der Waals surface area contributed by atoms with E-state index in [1.165, 1.54) is 19.2 Å². The van der Waals surface area contributed by atoms with Crippen LogP contribution in [0.1, 0.15) is 5.82 Å². The first-order valence-corrected chi connectivity index (χ1v) is 5.18. The summed E-state index contributed by atoms with van der Waals surface area (Å²) >= 11 is 0. The molecule has 0 aliphatic rings. The van der Waals surface area contributed by atoms with Crippen molar-refractivity contribution >= 4 is 5.82 Å². The number of benzene rings is 1. The molecule has 0 atom stereocenters. The summed E-state index contributed by atoms with van der Waals surface area (Å²) in [4.78, 5) is 8.12. The van der Waals surface area contributed by atoms with Gasteiger partial charge in [0, 0.05) is 18.7 Å². The van der Waals surface area contributed by atoms with Gasteiger partial charge in [-0.25, -0.2) is 18.7 Å². The molecule has 0 saturated carbocycles. The topological polar surface area (TPSA) is 61.0 Å². The summed E-state index contributed by atoms with van der Waals surface area (Å²) in [5, 5.41) is 0. The van der Waals surface area contributed by atoms with Crippen LogP contribution >= 0.6 is 0 Å². The van der Waals surface area contributed by atoms with Crippen molar-refractivity contribution in [3.63, 3.8) is 0 Å². The number of nitrogens with two attached hydrogens (primary N) is 1. The van der Waals surface area contributed by atoms with E-state index in [9.17, 15) is 8.78 Å². The molecular weight excluding hydrogens is 240 g/mol. The van der Waals surface area contributed by atoms with Gasteiger partial charge in [0.15, 0.2) is 17.5 Å². The van der Waals surface area contributed by atoms with Crippen molar-refractivity contribution in [2.24, 2.45) is 0 Å². The van der Waals surface area contributed by atoms with Crippen LogP contribution in [0.5, 0.6) is 0 Å². The Hall–Kier alpha value is -2.08. The second-order valence-electron chi connectivity index (χ2n) is 3.66. The monoisotopic (exact) mass is 251 g/mol. The number of nitrogen functional groups attached to an aromatic ring is 1. The third kappa shape index (κ3) is 2.60. The highest BCUT2D eigenvalue weighted by atomic mass is 19.2. The van der Waals surface area contributed by atoms with Crippen LogP contribution in [-0.2, 0) is 11.3 Å². The molecule has 94 valence electrons. The van der Waals surface area contributed by atoms with E-state index in [1.54, 1.807) is 0 Å². The van der Waals surface area contributed by atoms with Crippen LogP contribution in [-0.4, -0.2) is 17.1 Å². The predicted octanol–water partition coefficient (Wildman–Crippen LogP) is 2.15. The van der Waals surface area contributed by atoms with E-state index in [4.69, 9.17) is 10.5 Å². The lowest BCUT2D eigenvalue weighted by Crippen LogP contribution is -2.02. The summed E-state index contributed by atoms with van der Waals surface area (Å²) in [5.74, 6) is -1.20. The minimum Gasteiger partial charge on any atom is -0.384 e. The fraction of sp³-hybridized carbons (Fsp3) is 0.167. The molecule has 2 rings (SSSR count). The molecule has 0 aliphatic heterocycles. The molecular formula is C12H11F2N3O. The molecule has 0 bridgehead atoms. The van der Waals surface area contributed by atoms with Crippen molar-refractivity contribution in [2.75, 3.05) is 12.8 Å². The maximum absolute atomic E-state index is 13.1. The number of hydrogen-bond acceptors (Lipinski definition) is 4. The van der Waals surface area contributed by atoms with Crippen molar-refractivity contribution in [1.29, 1.82) is 0 Å². The van der Waals surface area contributed by atoms with Crippen LogP contribution in [0.3, 0.4) is 0 Å². The van der Waals surface area contributed by atoms with Gasteiger partial charge in [-0.3, -0.25) is 0 Å². The van der Waals surface area contributed by atoms with E-state index in [2.05, 4.69) is 9.97 Å². The quantitative estimate of drug-likeness (QED) is 0.908. The van der Waals surface area contributed by atoms with Crippen LogP contribution in [0.15, 0.2) is 24.3 Å². The molecule has 0 fully saturated rings. The maximum atomic E-state index is 13.1. The van der Waals surface area contributed by atoms with Gasteiger partial charge < -0.3 is 10.5 Å². The molecule has 0 aliphatic carbocycles. The maximum Gasteiger partial charge on any atom is 0.159 e. The summed E-state index contributed by atoms with van der Waals surface area (Å²) in [5.41, 5.74) is 6.48. The zero-order chi connectivity index (χ0) is 13.1. The molecule has 0 spiro atoms. The van der Waals surface area contributed by atoms with Crippen LogP contribution in [0.25, 0.3) is 11.3 Å². The second-order valence-corrected chi connectivity index (χ2v) is 3.66. The largest absolute Gasteiger partial charge is 0.384 e. The Morgan fingerprint density at radius 2 is 1.94 bits per heavy atom. The van der Waals surface area contributed by atoms with E-state index in [0.29, 0.717) is 17.1 Å². The van der Waals surface area contributed by atoms with Gasteiger partial charge in [0.05, 0.1) is 5.69 Å². The average Bonchev–Trinajstić information content (AvgIpc) is 2.32. The number of aromatic nitrogens is 2. The molecule has 0 saturated heterocycles. The summed E-state index contributed by atoms with van der Waals surface area (Å²) < 4.78 is 30.9. The zero-order valence-corrected chi connectivity index (χ0v) is 9.65. The van der Waals surface area contributed by atoms with Gasteiger partial charge in [0.2, 0.25) is 0 Å². The molecule has 0 unspecified atom stereocenters. The SMILES string of the molecule is COCc1nc(N)cc(-c2ccc(F)c(F)c2)n1. The van der Waals surface area contributed by atoms with Gasteiger partial charge in [-0.15, -0.1) is 0 Å². The molecule has 18 heavy (non-hydrogen) atoms. The third-order valence-electron chi connectivity index (χ3n) is 2.28. The fourth-order valence-corrected chi connectivity index (χ4v) is 1.51. The molecule has 2 aromatic rings. The highest BCUT2D eigenvalue weighted by Crippen LogP contribution is 2.21. The van der Waals surface area contributed by atoms with Gasteiger partial charge in [-0.2, -0.15) is 0 Å². The lowest BCUT2D eigenvalue weighted by atomic mass is 10.1. The van der Waals surface area contributed by atoms with Crippen molar-refractivity contribution < 1.29 is 13.5 Å². The van der Waals surface area contributed by atoms with E-state index in [0.717, 1.165) is 12.1 Å². The lowest BCUT2D eigenvalue weighted by Gasteiger charge is -2.05. The van der Waals surface area contributed by atoms with E-state index in [1.807, 2.05) is 0 Å². The molecule has 6 heteroatoms. The normalized spacial score (nSPS) is 10.6. The first-order chi connectivity index (χ1) is 8.60. The number of ether oxygens (including phenoxy) is 1. The summed E-state index contributed by atoms with van der Waals surface area (Å²) in [6.45, 7) is 0.196. The van der Waals surface area contributed by atoms with Gasteiger partial charge in [0.25, 0.3) is 0 Å². The van der Waals surface area contributed by atoms with Crippen molar-refractivity contribution in [3.8, 4) is 11.3 Å². The number of rotatable bonds is 3. The van der Waals surface area contributed by atoms with Crippen LogP contribution < -0.4 is 5.73 Å². The Morgan fingerprint density at radius 1 is 1.17 bits per heavy atom. The minimum absolute atomic E-state index is 0.196. The third-order valence-corrected chi connectivity index (χ3v) is 2.28. The molecule has 1 aromatic carbocycles. The fourth-order valence-electron chi connectivity index (χ4n) is 1.51. The standard InChI is InChI=1S/C12H11F2N3O/c1-18-6-12-16-10(5-11(15)17-12)7-2-3-8(13)9(14)4-7/h2-5H,6H2,1H3,(H2,15,16,17). The predicted molar refractivity (Wildman–Crippen MR) is 62.5 cm³/mol.